The van der Waals surface area contributed by atoms with E-state index in [1.165, 1.54) is 0 Å². The van der Waals surface area contributed by atoms with Crippen LogP contribution in [0.15, 0.2) is 24.3 Å². The molecule has 1 aromatic carbocycles. The van der Waals surface area contributed by atoms with Crippen molar-refractivity contribution in [1.82, 2.24) is 0 Å². The molecule has 2 unspecified atom stereocenters. The zero-order valence-electron chi connectivity index (χ0n) is 12.8. The normalized spacial score (nSPS) is 13.5. The van der Waals surface area contributed by atoms with E-state index in [1.54, 1.807) is 12.1 Å². The van der Waals surface area contributed by atoms with Gasteiger partial charge in [0.15, 0.2) is 0 Å². The minimum absolute atomic E-state index is 0.0448. The molecule has 0 aliphatic carbocycles. The smallest absolute Gasteiger partial charge is 0.227 e. The molecule has 0 saturated carbocycles. The van der Waals surface area contributed by atoms with Crippen LogP contribution < -0.4 is 16.8 Å². The number of hydrogen-bond acceptors (Lipinski definition) is 3. The molecule has 1 rings (SSSR count). The summed E-state index contributed by atoms with van der Waals surface area (Å²) in [6.07, 6.45) is 2.76. The van der Waals surface area contributed by atoms with Crippen molar-refractivity contribution in [3.8, 4) is 0 Å². The van der Waals surface area contributed by atoms with Gasteiger partial charge in [0.1, 0.15) is 0 Å². The van der Waals surface area contributed by atoms with Crippen LogP contribution >= 0.6 is 0 Å². The second kappa shape index (κ2) is 8.42. The van der Waals surface area contributed by atoms with Crippen molar-refractivity contribution in [2.24, 2.45) is 17.4 Å². The van der Waals surface area contributed by atoms with Gasteiger partial charge in [0.2, 0.25) is 11.8 Å². The molecule has 21 heavy (non-hydrogen) atoms. The van der Waals surface area contributed by atoms with Gasteiger partial charge in [-0.05, 0) is 31.4 Å². The summed E-state index contributed by atoms with van der Waals surface area (Å²) in [6, 6.07) is 7.38. The lowest BCUT2D eigenvalue weighted by atomic mass is 10.0. The molecular formula is C16H25N3O2. The van der Waals surface area contributed by atoms with Crippen molar-refractivity contribution in [3.63, 3.8) is 0 Å². The molecule has 0 saturated heterocycles. The average Bonchev–Trinajstić information content (AvgIpc) is 2.39. The van der Waals surface area contributed by atoms with Gasteiger partial charge in [-0.15, -0.1) is 0 Å². The molecule has 5 heteroatoms. The molecule has 2 amide bonds. The Hall–Kier alpha value is -1.88. The van der Waals surface area contributed by atoms with Crippen LogP contribution in [0, 0.1) is 5.92 Å². The molecule has 0 bridgehead atoms. The lowest BCUT2D eigenvalue weighted by molar-refractivity contribution is -0.120. The maximum Gasteiger partial charge on any atom is 0.227 e. The molecule has 5 nitrogen and oxygen atoms in total. The van der Waals surface area contributed by atoms with E-state index in [2.05, 4.69) is 5.32 Å². The van der Waals surface area contributed by atoms with E-state index in [-0.39, 0.29) is 24.3 Å². The van der Waals surface area contributed by atoms with Crippen LogP contribution in [0.1, 0.15) is 38.7 Å². The number of amides is 2. The van der Waals surface area contributed by atoms with Crippen LogP contribution in [0.5, 0.6) is 0 Å². The lowest BCUT2D eigenvalue weighted by Gasteiger charge is -2.15. The largest absolute Gasteiger partial charge is 0.369 e. The van der Waals surface area contributed by atoms with E-state index in [1.807, 2.05) is 26.0 Å². The van der Waals surface area contributed by atoms with Gasteiger partial charge < -0.3 is 16.8 Å². The van der Waals surface area contributed by atoms with Crippen LogP contribution in [0.25, 0.3) is 0 Å². The molecule has 0 aliphatic heterocycles. The van der Waals surface area contributed by atoms with Gasteiger partial charge in [-0.1, -0.05) is 31.5 Å². The van der Waals surface area contributed by atoms with E-state index in [4.69, 9.17) is 11.5 Å². The van der Waals surface area contributed by atoms with Crippen molar-refractivity contribution in [1.29, 1.82) is 0 Å². The first kappa shape index (κ1) is 17.2. The molecule has 0 aliphatic rings. The van der Waals surface area contributed by atoms with Crippen molar-refractivity contribution < 1.29 is 9.59 Å². The topological polar surface area (TPSA) is 98.2 Å². The Balaban J connectivity index is 2.59. The zero-order valence-corrected chi connectivity index (χ0v) is 12.8. The third kappa shape index (κ3) is 6.40. The second-order valence-electron chi connectivity index (χ2n) is 5.60. The fraction of sp³-hybridized carbons (Fsp3) is 0.500. The summed E-state index contributed by atoms with van der Waals surface area (Å²) in [5.41, 5.74) is 12.3. The fourth-order valence-corrected chi connectivity index (χ4v) is 2.12. The standard InChI is InChI=1S/C16H25N3O2/c1-11(6-5-7-12(2)17)16(21)19-14-9-4-3-8-13(14)10-15(18)20/h3-4,8-9,11-12H,5-7,10,17H2,1-2H3,(H2,18,20)(H,19,21). The number of benzene rings is 1. The first-order valence-electron chi connectivity index (χ1n) is 7.32. The minimum Gasteiger partial charge on any atom is -0.369 e. The molecule has 5 N–H and O–H groups in total. The third-order valence-electron chi connectivity index (χ3n) is 3.38. The number of rotatable bonds is 8. The summed E-state index contributed by atoms with van der Waals surface area (Å²) < 4.78 is 0. The van der Waals surface area contributed by atoms with Gasteiger partial charge in [0, 0.05) is 17.6 Å². The van der Waals surface area contributed by atoms with Gasteiger partial charge in [0.05, 0.1) is 6.42 Å². The first-order chi connectivity index (χ1) is 9.90. The third-order valence-corrected chi connectivity index (χ3v) is 3.38. The molecular weight excluding hydrogens is 266 g/mol. The fourth-order valence-electron chi connectivity index (χ4n) is 2.12. The molecule has 1 aromatic rings. The van der Waals surface area contributed by atoms with Crippen molar-refractivity contribution in [2.75, 3.05) is 5.32 Å². The highest BCUT2D eigenvalue weighted by Crippen LogP contribution is 2.18. The van der Waals surface area contributed by atoms with E-state index in [0.717, 1.165) is 24.8 Å². The van der Waals surface area contributed by atoms with E-state index in [9.17, 15) is 9.59 Å². The zero-order chi connectivity index (χ0) is 15.8. The molecule has 0 spiro atoms. The Morgan fingerprint density at radius 3 is 2.48 bits per heavy atom. The Labute approximate surface area is 126 Å². The van der Waals surface area contributed by atoms with Gasteiger partial charge in [0.25, 0.3) is 0 Å². The number of carbonyl (C=O) groups is 2. The first-order valence-corrected chi connectivity index (χ1v) is 7.32. The van der Waals surface area contributed by atoms with Gasteiger partial charge in [-0.25, -0.2) is 0 Å². The molecule has 0 radical (unpaired) electrons. The number of hydrogen-bond donors (Lipinski definition) is 3. The summed E-state index contributed by atoms with van der Waals surface area (Å²) in [5.74, 6) is -0.552. The number of nitrogens with two attached hydrogens (primary N) is 2. The SMILES string of the molecule is CC(N)CCCC(C)C(=O)Nc1ccccc1CC(N)=O. The quantitative estimate of drug-likeness (QED) is 0.681. The minimum atomic E-state index is -0.415. The highest BCUT2D eigenvalue weighted by atomic mass is 16.2. The summed E-state index contributed by atoms with van der Waals surface area (Å²) >= 11 is 0. The van der Waals surface area contributed by atoms with Crippen molar-refractivity contribution in [3.05, 3.63) is 29.8 Å². The maximum absolute atomic E-state index is 12.2. The summed E-state index contributed by atoms with van der Waals surface area (Å²) in [7, 11) is 0. The van der Waals surface area contributed by atoms with Gasteiger partial charge in [-0.2, -0.15) is 0 Å². The average molecular weight is 291 g/mol. The van der Waals surface area contributed by atoms with E-state index in [0.29, 0.717) is 5.69 Å². The molecule has 2 atom stereocenters. The highest BCUT2D eigenvalue weighted by Gasteiger charge is 2.15. The van der Waals surface area contributed by atoms with E-state index < -0.39 is 5.91 Å². The predicted molar refractivity (Wildman–Crippen MR) is 84.6 cm³/mol. The molecule has 0 fully saturated rings. The monoisotopic (exact) mass is 291 g/mol. The maximum atomic E-state index is 12.2. The second-order valence-corrected chi connectivity index (χ2v) is 5.60. The van der Waals surface area contributed by atoms with Crippen molar-refractivity contribution >= 4 is 17.5 Å². The van der Waals surface area contributed by atoms with Crippen LogP contribution in [-0.4, -0.2) is 17.9 Å². The number of carbonyl (C=O) groups excluding carboxylic acids is 2. The van der Waals surface area contributed by atoms with Crippen LogP contribution in [0.4, 0.5) is 5.69 Å². The molecule has 0 heterocycles. The Bertz CT molecular complexity index is 486. The summed E-state index contributed by atoms with van der Waals surface area (Å²) in [4.78, 5) is 23.2. The number of para-hydroxylation sites is 1. The number of anilines is 1. The summed E-state index contributed by atoms with van der Waals surface area (Å²) in [6.45, 7) is 3.86. The Kier molecular flexibility index (Phi) is 6.88. The Morgan fingerprint density at radius 1 is 1.19 bits per heavy atom. The summed E-state index contributed by atoms with van der Waals surface area (Å²) in [5, 5.41) is 2.88. The van der Waals surface area contributed by atoms with Crippen molar-refractivity contribution in [2.45, 2.75) is 45.6 Å². The molecule has 116 valence electrons. The Morgan fingerprint density at radius 2 is 1.86 bits per heavy atom. The lowest BCUT2D eigenvalue weighted by Crippen LogP contribution is -2.23. The highest BCUT2D eigenvalue weighted by molar-refractivity contribution is 5.93. The van der Waals surface area contributed by atoms with Crippen LogP contribution in [-0.2, 0) is 16.0 Å². The van der Waals surface area contributed by atoms with Gasteiger partial charge >= 0.3 is 0 Å². The number of nitrogens with one attached hydrogen (secondary N) is 1. The van der Waals surface area contributed by atoms with E-state index >= 15 is 0 Å². The number of primary amides is 1. The van der Waals surface area contributed by atoms with Gasteiger partial charge in [-0.3, -0.25) is 9.59 Å². The van der Waals surface area contributed by atoms with Crippen LogP contribution in [0.3, 0.4) is 0 Å². The predicted octanol–water partition coefficient (Wildman–Crippen LogP) is 1.81. The molecule has 0 aromatic heterocycles. The van der Waals surface area contributed by atoms with Crippen LogP contribution in [0.2, 0.25) is 0 Å².